The van der Waals surface area contributed by atoms with Gasteiger partial charge in [-0.1, -0.05) is 247 Å². The summed E-state index contributed by atoms with van der Waals surface area (Å²) in [7, 11) is 5.92. The molecule has 0 aliphatic carbocycles. The van der Waals surface area contributed by atoms with Crippen LogP contribution in [0.3, 0.4) is 0 Å². The number of rotatable bonds is 57. The van der Waals surface area contributed by atoms with Gasteiger partial charge in [-0.15, -0.1) is 0 Å². The highest BCUT2D eigenvalue weighted by atomic mass is 16.7. The summed E-state index contributed by atoms with van der Waals surface area (Å²) in [5.41, 5.74) is 0. The lowest BCUT2D eigenvalue weighted by Crippen LogP contribution is -2.44. The molecule has 0 aromatic heterocycles. The summed E-state index contributed by atoms with van der Waals surface area (Å²) in [6, 6.07) is 0. The minimum atomic E-state index is -1.63. The van der Waals surface area contributed by atoms with Gasteiger partial charge in [0.1, 0.15) is 13.2 Å². The third kappa shape index (κ3) is 58.3. The highest BCUT2D eigenvalue weighted by Gasteiger charge is 2.22. The molecule has 434 valence electrons. The monoisotopic (exact) mass is 1050 g/mol. The second kappa shape index (κ2) is 56.9. The second-order valence-corrected chi connectivity index (χ2v) is 22.0. The zero-order valence-corrected chi connectivity index (χ0v) is 49.4. The van der Waals surface area contributed by atoms with Gasteiger partial charge in [0.05, 0.1) is 40.3 Å². The number of aliphatic carboxylic acids is 1. The van der Waals surface area contributed by atoms with Gasteiger partial charge in [0.2, 0.25) is 0 Å². The molecule has 0 amide bonds. The summed E-state index contributed by atoms with van der Waals surface area (Å²) in [5, 5.41) is 11.8. The fourth-order valence-corrected chi connectivity index (χ4v) is 8.68. The Kier molecular flexibility index (Phi) is 54.4. The van der Waals surface area contributed by atoms with Gasteiger partial charge < -0.3 is 33.3 Å². The molecule has 0 fully saturated rings. The highest BCUT2D eigenvalue weighted by Crippen LogP contribution is 2.16. The third-order valence-corrected chi connectivity index (χ3v) is 13.4. The topological polar surface area (TPSA) is 111 Å². The average molecular weight is 1050 g/mol. The molecule has 0 aromatic carbocycles. The molecule has 0 saturated carbocycles. The summed E-state index contributed by atoms with van der Waals surface area (Å²) in [5.74, 6) is -2.29. The van der Waals surface area contributed by atoms with Gasteiger partial charge in [0.15, 0.2) is 12.4 Å². The predicted octanol–water partition coefficient (Wildman–Crippen LogP) is 17.2. The number of carbonyl (C=O) groups is 3. The van der Waals surface area contributed by atoms with E-state index in [1.165, 1.54) is 161 Å². The van der Waals surface area contributed by atoms with Crippen LogP contribution in [0.5, 0.6) is 0 Å². The molecule has 9 heteroatoms. The van der Waals surface area contributed by atoms with Crippen molar-refractivity contribution in [2.45, 2.75) is 283 Å². The van der Waals surface area contributed by atoms with Crippen LogP contribution in [-0.2, 0) is 33.3 Å². The molecule has 75 heavy (non-hydrogen) atoms. The normalized spacial score (nSPS) is 13.2. The Morgan fingerprint density at radius 1 is 0.413 bits per heavy atom. The highest BCUT2D eigenvalue weighted by molar-refractivity contribution is 5.70. The maximum Gasteiger partial charge on any atom is 0.306 e. The van der Waals surface area contributed by atoms with Crippen molar-refractivity contribution in [2.75, 3.05) is 47.5 Å². The van der Waals surface area contributed by atoms with Crippen molar-refractivity contribution < 1.29 is 42.9 Å². The minimum Gasteiger partial charge on any atom is -0.545 e. The van der Waals surface area contributed by atoms with E-state index in [0.29, 0.717) is 17.4 Å². The fourth-order valence-electron chi connectivity index (χ4n) is 8.68. The van der Waals surface area contributed by atoms with Crippen LogP contribution < -0.4 is 5.11 Å². The van der Waals surface area contributed by atoms with E-state index in [4.69, 9.17) is 18.9 Å². The molecule has 0 radical (unpaired) electrons. The third-order valence-electron chi connectivity index (χ3n) is 13.4. The van der Waals surface area contributed by atoms with Crippen LogP contribution >= 0.6 is 0 Å². The Hall–Kier alpha value is -3.27. The Morgan fingerprint density at radius 2 is 0.760 bits per heavy atom. The van der Waals surface area contributed by atoms with E-state index >= 15 is 0 Å². The van der Waals surface area contributed by atoms with Crippen LogP contribution in [0.2, 0.25) is 0 Å². The van der Waals surface area contributed by atoms with E-state index in [9.17, 15) is 19.5 Å². The van der Waals surface area contributed by atoms with E-state index in [1.807, 2.05) is 21.1 Å². The SMILES string of the molecule is CC/C=C\C/C=C\C/C=C\C/C=C\C/C=C\CCCCCCCCCC(=O)OC(COC(=O)CCCCCCCCCCCCCCCCC/C=C\CCCCCCCCCC)COC(OCC[N+](C)(C)C)C(=O)[O-]. The quantitative estimate of drug-likeness (QED) is 0.0195. The predicted molar refractivity (Wildman–Crippen MR) is 315 cm³/mol. The number of nitrogens with zero attached hydrogens (tertiary/aromatic N) is 1. The van der Waals surface area contributed by atoms with Crippen LogP contribution in [0.1, 0.15) is 271 Å². The van der Waals surface area contributed by atoms with Crippen molar-refractivity contribution in [3.8, 4) is 0 Å². The summed E-state index contributed by atoms with van der Waals surface area (Å²) in [6.45, 7) is 4.64. The molecule has 0 aromatic rings. The van der Waals surface area contributed by atoms with E-state index in [1.54, 1.807) is 0 Å². The van der Waals surface area contributed by atoms with Gasteiger partial charge >= 0.3 is 11.9 Å². The van der Waals surface area contributed by atoms with Crippen molar-refractivity contribution in [2.24, 2.45) is 0 Å². The number of hydrogen-bond acceptors (Lipinski definition) is 8. The maximum absolute atomic E-state index is 12.9. The molecule has 0 aliphatic rings. The first-order chi connectivity index (χ1) is 36.6. The van der Waals surface area contributed by atoms with Gasteiger partial charge in [-0.2, -0.15) is 0 Å². The standard InChI is InChI=1S/C66H117NO8/c1-6-8-10-12-14-16-18-20-22-24-26-28-30-31-32-33-35-36-38-40-42-44-46-48-50-52-54-56-63(68)73-60-62(61-74-66(65(70)71)72-59-58-67(3,4)5)75-64(69)57-55-53-51-49-47-45-43-41-39-37-34-29-27-25-23-21-19-17-15-13-11-9-7-2/h9,11,15,17,21,23-24,26-27,29,37,39,62,66H,6-8,10,12-14,16,18-20,22,25,28,30-36,38,40-61H2,1-5H3/b11-9-,17-15-,23-21-,26-24-,29-27-,39-37-. The molecule has 0 spiro atoms. The van der Waals surface area contributed by atoms with Crippen molar-refractivity contribution in [3.05, 3.63) is 72.9 Å². The van der Waals surface area contributed by atoms with Crippen molar-refractivity contribution in [3.63, 3.8) is 0 Å². The van der Waals surface area contributed by atoms with E-state index in [2.05, 4.69) is 86.8 Å². The molecule has 0 N–H and O–H groups in total. The van der Waals surface area contributed by atoms with Gasteiger partial charge in [-0.3, -0.25) is 9.59 Å². The summed E-state index contributed by atoms with van der Waals surface area (Å²) < 4.78 is 22.7. The first-order valence-electron chi connectivity index (χ1n) is 31.1. The number of unbranched alkanes of at least 4 members (excludes halogenated alkanes) is 30. The molecule has 0 saturated heterocycles. The molecule has 2 atom stereocenters. The van der Waals surface area contributed by atoms with Crippen LogP contribution in [0.25, 0.3) is 0 Å². The number of hydrogen-bond donors (Lipinski definition) is 0. The molecule has 0 rings (SSSR count). The van der Waals surface area contributed by atoms with Gasteiger partial charge in [0, 0.05) is 12.8 Å². The zero-order valence-electron chi connectivity index (χ0n) is 49.4. The fraction of sp³-hybridized carbons (Fsp3) is 0.773. The first-order valence-corrected chi connectivity index (χ1v) is 31.1. The van der Waals surface area contributed by atoms with Crippen LogP contribution in [-0.4, -0.2) is 82.3 Å². The van der Waals surface area contributed by atoms with Crippen molar-refractivity contribution >= 4 is 17.9 Å². The smallest absolute Gasteiger partial charge is 0.306 e. The number of carboxylic acids is 1. The summed E-state index contributed by atoms with van der Waals surface area (Å²) >= 11 is 0. The van der Waals surface area contributed by atoms with Crippen molar-refractivity contribution in [1.82, 2.24) is 0 Å². The van der Waals surface area contributed by atoms with Crippen LogP contribution in [0, 0.1) is 0 Å². The Labute approximate surface area is 462 Å². The number of quaternary nitrogens is 1. The van der Waals surface area contributed by atoms with Gasteiger partial charge in [-0.25, -0.2) is 0 Å². The molecule has 0 heterocycles. The van der Waals surface area contributed by atoms with Gasteiger partial charge in [0.25, 0.3) is 0 Å². The molecular formula is C66H117NO8. The first kappa shape index (κ1) is 71.7. The van der Waals surface area contributed by atoms with Gasteiger partial charge in [-0.05, 0) is 83.5 Å². The zero-order chi connectivity index (χ0) is 54.8. The lowest BCUT2D eigenvalue weighted by Gasteiger charge is -2.26. The second-order valence-electron chi connectivity index (χ2n) is 22.0. The number of likely N-dealkylation sites (N-methyl/N-ethyl adjacent to an activating group) is 1. The molecule has 0 bridgehead atoms. The molecule has 0 aliphatic heterocycles. The number of allylic oxidation sites excluding steroid dienone is 12. The number of esters is 2. The number of carbonyl (C=O) groups excluding carboxylic acids is 3. The average Bonchev–Trinajstić information content (AvgIpc) is 3.38. The van der Waals surface area contributed by atoms with E-state index in [-0.39, 0.29) is 38.6 Å². The Balaban J connectivity index is 4.20. The molecule has 2 unspecified atom stereocenters. The van der Waals surface area contributed by atoms with E-state index in [0.717, 1.165) is 77.0 Å². The summed E-state index contributed by atoms with van der Waals surface area (Å²) in [6.07, 6.45) is 71.0. The maximum atomic E-state index is 12.9. The molecular weight excluding hydrogens is 935 g/mol. The van der Waals surface area contributed by atoms with Crippen LogP contribution in [0.4, 0.5) is 0 Å². The van der Waals surface area contributed by atoms with E-state index < -0.39 is 24.3 Å². The van der Waals surface area contributed by atoms with Crippen molar-refractivity contribution in [1.29, 1.82) is 0 Å². The summed E-state index contributed by atoms with van der Waals surface area (Å²) in [4.78, 5) is 37.4. The lowest BCUT2D eigenvalue weighted by atomic mass is 10.0. The number of ether oxygens (including phenoxy) is 4. The Morgan fingerprint density at radius 3 is 1.15 bits per heavy atom. The minimum absolute atomic E-state index is 0.143. The van der Waals surface area contributed by atoms with Crippen LogP contribution in [0.15, 0.2) is 72.9 Å². The Bertz CT molecular complexity index is 1460. The molecule has 9 nitrogen and oxygen atoms in total. The lowest BCUT2D eigenvalue weighted by molar-refractivity contribution is -0.870. The largest absolute Gasteiger partial charge is 0.545 e. The number of carboxylic acid groups (broad SMARTS) is 1.